The van der Waals surface area contributed by atoms with Gasteiger partial charge < -0.3 is 9.84 Å². The predicted molar refractivity (Wildman–Crippen MR) is 121 cm³/mol. The van der Waals surface area contributed by atoms with Crippen molar-refractivity contribution < 1.29 is 14.6 Å². The number of benzene rings is 2. The topological polar surface area (TPSA) is 58.9 Å². The zero-order chi connectivity index (χ0) is 20.4. The van der Waals surface area contributed by atoms with Crippen LogP contribution in [0.25, 0.3) is 21.2 Å². The highest BCUT2D eigenvalue weighted by atomic mass is 32.1. The normalized spacial score (nSPS) is 11.4. The van der Waals surface area contributed by atoms with Crippen molar-refractivity contribution in [3.8, 4) is 16.9 Å². The zero-order valence-electron chi connectivity index (χ0n) is 16.0. The Hall–Kier alpha value is -2.96. The molecule has 0 atom stereocenters. The summed E-state index contributed by atoms with van der Waals surface area (Å²) >= 11 is 2.85. The van der Waals surface area contributed by atoms with Crippen LogP contribution in [0, 0.1) is 6.92 Å². The molecule has 0 saturated heterocycles. The number of aliphatic imine (C=N–C) groups is 1. The van der Waals surface area contributed by atoms with Gasteiger partial charge >= 0.3 is 5.97 Å². The fraction of sp³-hybridized carbons (Fsp3) is 0.130. The molecule has 0 spiro atoms. The molecule has 2 aromatic carbocycles. The van der Waals surface area contributed by atoms with Crippen molar-refractivity contribution in [2.75, 3.05) is 6.61 Å². The van der Waals surface area contributed by atoms with E-state index in [1.54, 1.807) is 13.1 Å². The second kappa shape index (κ2) is 8.19. The lowest BCUT2D eigenvalue weighted by molar-refractivity contribution is 0.0529. The molecular weight excluding hydrogens is 402 g/mol. The summed E-state index contributed by atoms with van der Waals surface area (Å²) in [6.07, 6.45) is 1.62. The summed E-state index contributed by atoms with van der Waals surface area (Å²) in [5.41, 5.74) is 3.36. The lowest BCUT2D eigenvalue weighted by Crippen LogP contribution is -2.05. The Morgan fingerprint density at radius 3 is 2.66 bits per heavy atom. The SMILES string of the molecule is CCOC(=O)c1c(-c2ccc(C)cc2)csc1/N=C/c1sc2ccccc2c1O. The van der Waals surface area contributed by atoms with Gasteiger partial charge in [-0.25, -0.2) is 9.79 Å². The monoisotopic (exact) mass is 421 g/mol. The Morgan fingerprint density at radius 2 is 1.93 bits per heavy atom. The third-order valence-electron chi connectivity index (χ3n) is 4.51. The van der Waals surface area contributed by atoms with Crippen LogP contribution >= 0.6 is 22.7 Å². The molecule has 0 amide bonds. The minimum absolute atomic E-state index is 0.211. The van der Waals surface area contributed by atoms with Crippen molar-refractivity contribution in [2.24, 2.45) is 4.99 Å². The van der Waals surface area contributed by atoms with Crippen molar-refractivity contribution in [2.45, 2.75) is 13.8 Å². The average molecular weight is 422 g/mol. The van der Waals surface area contributed by atoms with Gasteiger partial charge in [0.1, 0.15) is 16.3 Å². The summed E-state index contributed by atoms with van der Waals surface area (Å²) < 4.78 is 6.27. The van der Waals surface area contributed by atoms with Gasteiger partial charge in [0.2, 0.25) is 0 Å². The highest BCUT2D eigenvalue weighted by Crippen LogP contribution is 2.40. The van der Waals surface area contributed by atoms with Gasteiger partial charge in [0.15, 0.2) is 0 Å². The molecular formula is C23H19NO3S2. The zero-order valence-corrected chi connectivity index (χ0v) is 17.6. The van der Waals surface area contributed by atoms with Gasteiger partial charge in [-0.1, -0.05) is 42.0 Å². The number of nitrogens with zero attached hydrogens (tertiary/aromatic N) is 1. The first-order valence-corrected chi connectivity index (χ1v) is 10.9. The van der Waals surface area contributed by atoms with E-state index in [4.69, 9.17) is 4.74 Å². The molecule has 0 saturated carbocycles. The largest absolute Gasteiger partial charge is 0.506 e. The number of esters is 1. The van der Waals surface area contributed by atoms with E-state index in [0.717, 1.165) is 26.8 Å². The standard InChI is InChI=1S/C23H19NO3S2/c1-3-27-23(26)20-17(15-10-8-14(2)9-11-15)13-28-22(20)24-12-19-21(25)16-6-4-5-7-18(16)29-19/h4-13,25H,3H2,1-2H3/b24-12+. The maximum Gasteiger partial charge on any atom is 0.341 e. The molecule has 146 valence electrons. The molecule has 2 aromatic heterocycles. The summed E-state index contributed by atoms with van der Waals surface area (Å²) in [5, 5.41) is 13.8. The molecule has 0 aliphatic carbocycles. The molecule has 4 rings (SSSR count). The Labute approximate surface area is 176 Å². The first-order valence-electron chi connectivity index (χ1n) is 9.18. The van der Waals surface area contributed by atoms with Gasteiger partial charge in [-0.05, 0) is 31.5 Å². The lowest BCUT2D eigenvalue weighted by atomic mass is 10.0. The van der Waals surface area contributed by atoms with E-state index in [1.807, 2.05) is 60.8 Å². The molecule has 0 aliphatic rings. The van der Waals surface area contributed by atoms with Gasteiger partial charge in [0.25, 0.3) is 0 Å². The second-order valence-corrected chi connectivity index (χ2v) is 8.43. The number of carbonyl (C=O) groups excluding carboxylic acids is 1. The van der Waals surface area contributed by atoms with Gasteiger partial charge in [-0.15, -0.1) is 22.7 Å². The summed E-state index contributed by atoms with van der Waals surface area (Å²) in [6.45, 7) is 4.10. The van der Waals surface area contributed by atoms with Gasteiger partial charge in [0, 0.05) is 27.2 Å². The number of thiophene rings is 2. The van der Waals surface area contributed by atoms with E-state index in [1.165, 1.54) is 22.7 Å². The van der Waals surface area contributed by atoms with Crippen molar-refractivity contribution in [3.63, 3.8) is 0 Å². The first-order chi connectivity index (χ1) is 14.1. The highest BCUT2D eigenvalue weighted by Gasteiger charge is 2.21. The molecule has 1 N–H and O–H groups in total. The number of rotatable bonds is 5. The maximum atomic E-state index is 12.7. The Bertz CT molecular complexity index is 1200. The summed E-state index contributed by atoms with van der Waals surface area (Å²) in [5.74, 6) is -0.181. The minimum atomic E-state index is -0.392. The number of hydrogen-bond acceptors (Lipinski definition) is 6. The molecule has 0 fully saturated rings. The Balaban J connectivity index is 1.76. The number of fused-ring (bicyclic) bond motifs is 1. The average Bonchev–Trinajstić information content (AvgIpc) is 3.29. The number of carbonyl (C=O) groups is 1. The second-order valence-electron chi connectivity index (χ2n) is 6.49. The fourth-order valence-electron chi connectivity index (χ4n) is 3.04. The maximum absolute atomic E-state index is 12.7. The third kappa shape index (κ3) is 3.81. The predicted octanol–water partition coefficient (Wildman–Crippen LogP) is 6.57. The minimum Gasteiger partial charge on any atom is -0.506 e. The van der Waals surface area contributed by atoms with Crippen LogP contribution in [0.4, 0.5) is 5.00 Å². The van der Waals surface area contributed by atoms with Gasteiger partial charge in [0.05, 0.1) is 11.5 Å². The lowest BCUT2D eigenvalue weighted by Gasteiger charge is -2.06. The number of aromatic hydroxyl groups is 1. The third-order valence-corrected chi connectivity index (χ3v) is 6.49. The molecule has 2 heterocycles. The Kier molecular flexibility index (Phi) is 5.47. The molecule has 0 aliphatic heterocycles. The van der Waals surface area contributed by atoms with Gasteiger partial charge in [-0.3, -0.25) is 0 Å². The van der Waals surface area contributed by atoms with E-state index < -0.39 is 5.97 Å². The van der Waals surface area contributed by atoms with Crippen molar-refractivity contribution in [1.29, 1.82) is 0 Å². The van der Waals surface area contributed by atoms with Crippen LogP contribution in [0.3, 0.4) is 0 Å². The molecule has 4 nitrogen and oxygen atoms in total. The molecule has 6 heteroatoms. The molecule has 4 aromatic rings. The summed E-state index contributed by atoms with van der Waals surface area (Å²) in [7, 11) is 0. The van der Waals surface area contributed by atoms with E-state index in [-0.39, 0.29) is 5.75 Å². The molecule has 0 radical (unpaired) electrons. The molecule has 0 bridgehead atoms. The Morgan fingerprint density at radius 1 is 1.17 bits per heavy atom. The fourth-order valence-corrected chi connectivity index (χ4v) is 4.92. The van der Waals surface area contributed by atoms with Crippen molar-refractivity contribution in [1.82, 2.24) is 0 Å². The van der Waals surface area contributed by atoms with Crippen LogP contribution in [-0.2, 0) is 4.74 Å². The van der Waals surface area contributed by atoms with E-state index >= 15 is 0 Å². The van der Waals surface area contributed by atoms with Crippen LogP contribution in [-0.4, -0.2) is 23.9 Å². The van der Waals surface area contributed by atoms with Crippen LogP contribution in [0.1, 0.15) is 27.7 Å². The van der Waals surface area contributed by atoms with E-state index in [9.17, 15) is 9.90 Å². The summed E-state index contributed by atoms with van der Waals surface area (Å²) in [6, 6.07) is 15.7. The van der Waals surface area contributed by atoms with Gasteiger partial charge in [-0.2, -0.15) is 0 Å². The van der Waals surface area contributed by atoms with Crippen molar-refractivity contribution >= 4 is 49.9 Å². The summed E-state index contributed by atoms with van der Waals surface area (Å²) in [4.78, 5) is 17.9. The number of aryl methyl sites for hydroxylation is 1. The smallest absolute Gasteiger partial charge is 0.341 e. The van der Waals surface area contributed by atoms with Crippen molar-refractivity contribution in [3.05, 3.63) is 69.9 Å². The van der Waals surface area contributed by atoms with E-state index in [0.29, 0.717) is 22.0 Å². The van der Waals surface area contributed by atoms with Crippen LogP contribution in [0.2, 0.25) is 0 Å². The number of ether oxygens (including phenoxy) is 1. The first kappa shape index (κ1) is 19.4. The van der Waals surface area contributed by atoms with Crippen LogP contribution < -0.4 is 0 Å². The number of hydrogen-bond donors (Lipinski definition) is 1. The molecule has 29 heavy (non-hydrogen) atoms. The molecule has 0 unspecified atom stereocenters. The quantitative estimate of drug-likeness (QED) is 0.293. The van der Waals surface area contributed by atoms with Crippen LogP contribution in [0.5, 0.6) is 5.75 Å². The van der Waals surface area contributed by atoms with Crippen LogP contribution in [0.15, 0.2) is 58.9 Å². The van der Waals surface area contributed by atoms with E-state index in [2.05, 4.69) is 4.99 Å². The highest BCUT2D eigenvalue weighted by molar-refractivity contribution is 7.21.